The van der Waals surface area contributed by atoms with Crippen molar-refractivity contribution in [2.45, 2.75) is 12.8 Å². The number of benzene rings is 2. The van der Waals surface area contributed by atoms with Crippen LogP contribution in [0.25, 0.3) is 27.5 Å². The highest BCUT2D eigenvalue weighted by molar-refractivity contribution is 6.30. The monoisotopic (exact) mass is 392 g/mol. The lowest BCUT2D eigenvalue weighted by molar-refractivity contribution is 0.0793. The van der Waals surface area contributed by atoms with Crippen LogP contribution in [-0.2, 0) is 0 Å². The Kier molecular flexibility index (Phi) is 3.94. The summed E-state index contributed by atoms with van der Waals surface area (Å²) in [6.45, 7) is 1.59. The number of hydrogen-bond donors (Lipinski definition) is 1. The molecular weight excluding hydrogens is 376 g/mol. The van der Waals surface area contributed by atoms with Crippen molar-refractivity contribution in [3.05, 3.63) is 69.6 Å². The zero-order chi connectivity index (χ0) is 19.3. The number of halogens is 1. The van der Waals surface area contributed by atoms with Gasteiger partial charge in [-0.3, -0.25) is 19.7 Å². The van der Waals surface area contributed by atoms with Crippen molar-refractivity contribution in [1.82, 2.24) is 19.7 Å². The number of rotatable bonds is 2. The van der Waals surface area contributed by atoms with E-state index in [4.69, 9.17) is 11.6 Å². The molecule has 1 aliphatic rings. The zero-order valence-electron chi connectivity index (χ0n) is 15.0. The number of pyridine rings is 1. The third-order valence-corrected chi connectivity index (χ3v) is 5.50. The van der Waals surface area contributed by atoms with E-state index in [1.54, 1.807) is 36.5 Å². The second kappa shape index (κ2) is 6.49. The third-order valence-electron chi connectivity index (χ3n) is 5.25. The molecule has 3 heterocycles. The van der Waals surface area contributed by atoms with Gasteiger partial charge in [0.1, 0.15) is 0 Å². The maximum Gasteiger partial charge on any atom is 0.280 e. The van der Waals surface area contributed by atoms with E-state index in [2.05, 4.69) is 10.1 Å². The van der Waals surface area contributed by atoms with Gasteiger partial charge in [0.15, 0.2) is 0 Å². The van der Waals surface area contributed by atoms with Crippen molar-refractivity contribution in [3.63, 3.8) is 0 Å². The number of carbonyl (C=O) groups excluding carboxylic acids is 1. The number of likely N-dealkylation sites (tertiary alicyclic amines) is 1. The predicted molar refractivity (Wildman–Crippen MR) is 109 cm³/mol. The maximum atomic E-state index is 12.9. The Bertz CT molecular complexity index is 1270. The first-order valence-electron chi connectivity index (χ1n) is 9.20. The van der Waals surface area contributed by atoms with Gasteiger partial charge in [-0.05, 0) is 55.3 Å². The first-order chi connectivity index (χ1) is 13.6. The molecule has 1 amide bonds. The van der Waals surface area contributed by atoms with Crippen molar-refractivity contribution >= 4 is 39.3 Å². The summed E-state index contributed by atoms with van der Waals surface area (Å²) in [5, 5.41) is 5.01. The van der Waals surface area contributed by atoms with Gasteiger partial charge in [0.05, 0.1) is 22.1 Å². The van der Waals surface area contributed by atoms with E-state index in [-0.39, 0.29) is 11.5 Å². The molecule has 1 aliphatic heterocycles. The maximum absolute atomic E-state index is 12.9. The van der Waals surface area contributed by atoms with E-state index in [1.807, 2.05) is 17.0 Å². The molecular formula is C21H17ClN4O2. The number of hydrogen-bond acceptors (Lipinski definition) is 3. The molecule has 2 aromatic carbocycles. The fourth-order valence-electron chi connectivity index (χ4n) is 3.77. The van der Waals surface area contributed by atoms with Crippen molar-refractivity contribution < 1.29 is 4.79 Å². The van der Waals surface area contributed by atoms with E-state index in [0.717, 1.165) is 36.8 Å². The van der Waals surface area contributed by atoms with Crippen LogP contribution in [0.3, 0.4) is 0 Å². The molecule has 0 atom stereocenters. The van der Waals surface area contributed by atoms with Gasteiger partial charge in [0, 0.05) is 35.3 Å². The molecule has 140 valence electrons. The number of nitrogens with one attached hydrogen (secondary N) is 1. The Morgan fingerprint density at radius 2 is 1.79 bits per heavy atom. The van der Waals surface area contributed by atoms with E-state index in [9.17, 15) is 9.59 Å². The number of aromatic amines is 1. The van der Waals surface area contributed by atoms with E-state index >= 15 is 0 Å². The van der Waals surface area contributed by atoms with Crippen LogP contribution < -0.4 is 5.56 Å². The number of fused-ring (bicyclic) bond motifs is 3. The highest BCUT2D eigenvalue weighted by Crippen LogP contribution is 2.24. The first kappa shape index (κ1) is 17.0. The summed E-state index contributed by atoms with van der Waals surface area (Å²) in [7, 11) is 0. The summed E-state index contributed by atoms with van der Waals surface area (Å²) >= 11 is 5.95. The minimum Gasteiger partial charge on any atom is -0.339 e. The fraction of sp³-hybridized carbons (Fsp3) is 0.190. The van der Waals surface area contributed by atoms with Crippen LogP contribution in [-0.4, -0.2) is 38.7 Å². The van der Waals surface area contributed by atoms with Gasteiger partial charge in [-0.1, -0.05) is 11.6 Å². The minimum absolute atomic E-state index is 0.0240. The molecule has 28 heavy (non-hydrogen) atoms. The van der Waals surface area contributed by atoms with Crippen molar-refractivity contribution in [3.8, 4) is 5.69 Å². The predicted octanol–water partition coefficient (Wildman–Crippen LogP) is 3.76. The van der Waals surface area contributed by atoms with Crippen molar-refractivity contribution in [2.75, 3.05) is 13.1 Å². The average molecular weight is 393 g/mol. The topological polar surface area (TPSA) is 71.0 Å². The molecule has 0 bridgehead atoms. The number of H-pyrrole nitrogens is 1. The lowest BCUT2D eigenvalue weighted by atomic mass is 10.1. The Hall–Kier alpha value is -3.12. The molecule has 2 aromatic heterocycles. The molecule has 0 aliphatic carbocycles. The minimum atomic E-state index is -0.192. The Morgan fingerprint density at radius 1 is 1.04 bits per heavy atom. The summed E-state index contributed by atoms with van der Waals surface area (Å²) in [4.78, 5) is 31.9. The van der Waals surface area contributed by atoms with Crippen LogP contribution in [0, 0.1) is 0 Å². The first-order valence-corrected chi connectivity index (χ1v) is 9.58. The summed E-state index contributed by atoms with van der Waals surface area (Å²) in [5.41, 5.74) is 2.51. The lowest BCUT2D eigenvalue weighted by Crippen LogP contribution is -2.27. The van der Waals surface area contributed by atoms with Crippen LogP contribution in [0.15, 0.2) is 53.5 Å². The van der Waals surface area contributed by atoms with Crippen LogP contribution >= 0.6 is 11.6 Å². The molecule has 1 N–H and O–H groups in total. The standard InChI is InChI=1S/C21H17ClN4O2/c22-14-4-6-15(7-5-14)26-21(28)17-12-23-18-8-3-13(11-16(18)19(17)24-26)20(27)25-9-1-2-10-25/h3-8,11-12,24H,1-2,9-10H2. The van der Waals surface area contributed by atoms with Gasteiger partial charge in [0.2, 0.25) is 0 Å². The highest BCUT2D eigenvalue weighted by Gasteiger charge is 2.20. The average Bonchev–Trinajstić information content (AvgIpc) is 3.36. The van der Waals surface area contributed by atoms with Gasteiger partial charge in [-0.15, -0.1) is 0 Å². The third kappa shape index (κ3) is 2.68. The summed E-state index contributed by atoms with van der Waals surface area (Å²) in [5.74, 6) is 0.0240. The quantitative estimate of drug-likeness (QED) is 0.564. The fourth-order valence-corrected chi connectivity index (χ4v) is 3.89. The number of carbonyl (C=O) groups is 1. The van der Waals surface area contributed by atoms with Gasteiger partial charge in [0.25, 0.3) is 11.5 Å². The largest absolute Gasteiger partial charge is 0.339 e. The molecule has 5 rings (SSSR count). The van der Waals surface area contributed by atoms with E-state index < -0.39 is 0 Å². The Morgan fingerprint density at radius 3 is 2.54 bits per heavy atom. The highest BCUT2D eigenvalue weighted by atomic mass is 35.5. The molecule has 1 fully saturated rings. The van der Waals surface area contributed by atoms with Gasteiger partial charge in [-0.25, -0.2) is 4.68 Å². The Balaban J connectivity index is 1.68. The normalized spacial score (nSPS) is 14.2. The second-order valence-corrected chi connectivity index (χ2v) is 7.44. The zero-order valence-corrected chi connectivity index (χ0v) is 15.7. The number of amides is 1. The van der Waals surface area contributed by atoms with Crippen LogP contribution in [0.1, 0.15) is 23.2 Å². The van der Waals surface area contributed by atoms with Gasteiger partial charge < -0.3 is 4.90 Å². The van der Waals surface area contributed by atoms with Crippen LogP contribution in [0.2, 0.25) is 5.02 Å². The van der Waals surface area contributed by atoms with Crippen molar-refractivity contribution in [1.29, 1.82) is 0 Å². The lowest BCUT2D eigenvalue weighted by Gasteiger charge is -2.15. The molecule has 0 unspecified atom stereocenters. The Labute approximate surface area is 165 Å². The smallest absolute Gasteiger partial charge is 0.280 e. The molecule has 0 radical (unpaired) electrons. The molecule has 6 nitrogen and oxygen atoms in total. The SMILES string of the molecule is O=C(c1ccc2ncc3c(=O)n(-c4ccc(Cl)cc4)[nH]c3c2c1)N1CCCC1. The van der Waals surface area contributed by atoms with Crippen molar-refractivity contribution in [2.24, 2.45) is 0 Å². The molecule has 4 aromatic rings. The summed E-state index contributed by atoms with van der Waals surface area (Å²) < 4.78 is 1.47. The molecule has 7 heteroatoms. The van der Waals surface area contributed by atoms with Gasteiger partial charge in [-0.2, -0.15) is 0 Å². The number of nitrogens with zero attached hydrogens (tertiary/aromatic N) is 3. The molecule has 0 spiro atoms. The van der Waals surface area contributed by atoms with E-state index in [0.29, 0.717) is 27.2 Å². The molecule has 1 saturated heterocycles. The van der Waals surface area contributed by atoms with Crippen LogP contribution in [0.4, 0.5) is 0 Å². The molecule has 0 saturated carbocycles. The van der Waals surface area contributed by atoms with E-state index in [1.165, 1.54) is 4.68 Å². The van der Waals surface area contributed by atoms with Crippen LogP contribution in [0.5, 0.6) is 0 Å². The number of aromatic nitrogens is 3. The summed E-state index contributed by atoms with van der Waals surface area (Å²) in [6, 6.07) is 12.5. The summed E-state index contributed by atoms with van der Waals surface area (Å²) in [6.07, 6.45) is 3.66. The second-order valence-electron chi connectivity index (χ2n) is 7.01. The van der Waals surface area contributed by atoms with Gasteiger partial charge >= 0.3 is 0 Å².